The van der Waals surface area contributed by atoms with Crippen LogP contribution in [0.4, 0.5) is 0 Å². The number of carbonyl (C=O) groups is 1. The first kappa shape index (κ1) is 20.0. The zero-order valence-electron chi connectivity index (χ0n) is 16.5. The van der Waals surface area contributed by atoms with Crippen molar-refractivity contribution in [1.29, 1.82) is 0 Å². The zero-order valence-corrected chi connectivity index (χ0v) is 17.4. The van der Waals surface area contributed by atoms with E-state index in [0.717, 1.165) is 17.1 Å². The van der Waals surface area contributed by atoms with Gasteiger partial charge in [-0.15, -0.1) is 11.3 Å². The smallest absolute Gasteiger partial charge is 0.274 e. The lowest BCUT2D eigenvalue weighted by Crippen LogP contribution is -2.37. The monoisotopic (exact) mass is 414 g/mol. The van der Waals surface area contributed by atoms with Crippen molar-refractivity contribution in [3.63, 3.8) is 0 Å². The molecule has 0 aliphatic carbocycles. The number of rotatable bonds is 8. The van der Waals surface area contributed by atoms with Crippen LogP contribution in [-0.4, -0.2) is 66.3 Å². The number of nitrogens with one attached hydrogen (secondary N) is 1. The Hall–Kier alpha value is -2.26. The van der Waals surface area contributed by atoms with E-state index in [4.69, 9.17) is 9.47 Å². The van der Waals surface area contributed by atoms with E-state index in [1.165, 1.54) is 16.9 Å². The second-order valence-corrected chi connectivity index (χ2v) is 8.00. The van der Waals surface area contributed by atoms with Crippen LogP contribution in [0.1, 0.15) is 21.7 Å². The summed E-state index contributed by atoms with van der Waals surface area (Å²) < 4.78 is 13.1. The molecular weight excluding hydrogens is 388 g/mol. The standard InChI is InChI=1S/C21H26N4O3S/c1-24(8-7-16-5-3-2-4-6-16)20(26)19-18(25-9-12-29-21(25)23-19)14-22-13-17-15-27-10-11-28-17/h2-6,9,12,17,22H,7-8,10-11,13-15H2,1H3/t17-/m0/s1. The molecule has 2 aromatic heterocycles. The fourth-order valence-corrected chi connectivity index (χ4v) is 4.14. The third-order valence-electron chi connectivity index (χ3n) is 5.04. The van der Waals surface area contributed by atoms with Gasteiger partial charge in [-0.1, -0.05) is 30.3 Å². The Morgan fingerprint density at radius 1 is 1.34 bits per heavy atom. The number of hydrogen-bond acceptors (Lipinski definition) is 6. The van der Waals surface area contributed by atoms with Crippen LogP contribution in [0, 0.1) is 0 Å². The van der Waals surface area contributed by atoms with E-state index in [0.29, 0.717) is 45.1 Å². The lowest BCUT2D eigenvalue weighted by molar-refractivity contribution is -0.0864. The third kappa shape index (κ3) is 4.84. The molecule has 29 heavy (non-hydrogen) atoms. The van der Waals surface area contributed by atoms with Gasteiger partial charge < -0.3 is 19.7 Å². The zero-order chi connectivity index (χ0) is 20.1. The lowest BCUT2D eigenvalue weighted by Gasteiger charge is -2.23. The maximum atomic E-state index is 13.1. The fourth-order valence-electron chi connectivity index (χ4n) is 3.40. The summed E-state index contributed by atoms with van der Waals surface area (Å²) in [4.78, 5) is 20.3. The van der Waals surface area contributed by atoms with Gasteiger partial charge in [0.05, 0.1) is 31.6 Å². The van der Waals surface area contributed by atoms with Crippen LogP contribution in [0.3, 0.4) is 0 Å². The Morgan fingerprint density at radius 2 is 2.21 bits per heavy atom. The number of likely N-dealkylation sites (N-methyl/N-ethyl adjacent to an activating group) is 1. The molecule has 0 unspecified atom stereocenters. The highest BCUT2D eigenvalue weighted by Gasteiger charge is 2.23. The van der Waals surface area contributed by atoms with Crippen LogP contribution >= 0.6 is 11.3 Å². The molecule has 1 amide bonds. The Bertz CT molecular complexity index is 934. The van der Waals surface area contributed by atoms with E-state index in [1.54, 1.807) is 4.90 Å². The number of imidazole rings is 1. The van der Waals surface area contributed by atoms with Crippen molar-refractivity contribution < 1.29 is 14.3 Å². The first-order valence-corrected chi connectivity index (χ1v) is 10.7. The highest BCUT2D eigenvalue weighted by atomic mass is 32.1. The van der Waals surface area contributed by atoms with Gasteiger partial charge in [0.2, 0.25) is 0 Å². The van der Waals surface area contributed by atoms with Gasteiger partial charge in [-0.05, 0) is 12.0 Å². The minimum atomic E-state index is -0.0501. The SMILES string of the molecule is CN(CCc1ccccc1)C(=O)c1nc2sccn2c1CNC[C@H]1COCCO1. The molecule has 3 aromatic rings. The van der Waals surface area contributed by atoms with Crippen molar-refractivity contribution in [2.24, 2.45) is 0 Å². The molecule has 8 heteroatoms. The average molecular weight is 415 g/mol. The Morgan fingerprint density at radius 3 is 3.00 bits per heavy atom. The van der Waals surface area contributed by atoms with Crippen molar-refractivity contribution >= 4 is 22.2 Å². The minimum absolute atomic E-state index is 0.0438. The molecule has 4 rings (SSSR count). The van der Waals surface area contributed by atoms with Crippen LogP contribution in [-0.2, 0) is 22.4 Å². The molecule has 0 bridgehead atoms. The topological polar surface area (TPSA) is 68.1 Å². The van der Waals surface area contributed by atoms with Gasteiger partial charge in [0.25, 0.3) is 5.91 Å². The maximum Gasteiger partial charge on any atom is 0.274 e. The molecule has 1 N–H and O–H groups in total. The Balaban J connectivity index is 1.42. The molecule has 1 atom stereocenters. The van der Waals surface area contributed by atoms with E-state index in [-0.39, 0.29) is 12.0 Å². The molecule has 1 saturated heterocycles. The highest BCUT2D eigenvalue weighted by molar-refractivity contribution is 7.15. The summed E-state index contributed by atoms with van der Waals surface area (Å²) in [5.74, 6) is -0.0501. The second-order valence-electron chi connectivity index (χ2n) is 7.12. The number of thiazole rings is 1. The summed E-state index contributed by atoms with van der Waals surface area (Å²) in [6.07, 6.45) is 2.82. The van der Waals surface area contributed by atoms with Gasteiger partial charge in [-0.3, -0.25) is 9.20 Å². The number of hydrogen-bond donors (Lipinski definition) is 1. The molecule has 0 radical (unpaired) electrons. The van der Waals surface area contributed by atoms with Crippen LogP contribution in [0.2, 0.25) is 0 Å². The first-order chi connectivity index (χ1) is 14.2. The van der Waals surface area contributed by atoms with Gasteiger partial charge >= 0.3 is 0 Å². The number of nitrogens with zero attached hydrogens (tertiary/aromatic N) is 3. The van der Waals surface area contributed by atoms with Gasteiger partial charge in [0.15, 0.2) is 10.7 Å². The number of fused-ring (bicyclic) bond motifs is 1. The molecule has 154 valence electrons. The number of benzene rings is 1. The van der Waals surface area contributed by atoms with Gasteiger partial charge in [-0.25, -0.2) is 4.98 Å². The summed E-state index contributed by atoms with van der Waals surface area (Å²) in [5, 5.41) is 5.38. The van der Waals surface area contributed by atoms with E-state index >= 15 is 0 Å². The average Bonchev–Trinajstić information content (AvgIpc) is 3.35. The summed E-state index contributed by atoms with van der Waals surface area (Å²) in [5.41, 5.74) is 2.62. The summed E-state index contributed by atoms with van der Waals surface area (Å²) in [6, 6.07) is 10.2. The Kier molecular flexibility index (Phi) is 6.56. The fraction of sp³-hybridized carbons (Fsp3) is 0.429. The largest absolute Gasteiger partial charge is 0.376 e. The van der Waals surface area contributed by atoms with Crippen LogP contribution in [0.15, 0.2) is 41.9 Å². The predicted octanol–water partition coefficient (Wildman–Crippen LogP) is 2.22. The second kappa shape index (κ2) is 9.49. The van der Waals surface area contributed by atoms with E-state index in [9.17, 15) is 4.79 Å². The van der Waals surface area contributed by atoms with Crippen molar-refractivity contribution in [3.05, 3.63) is 58.9 Å². The van der Waals surface area contributed by atoms with Crippen LogP contribution in [0.25, 0.3) is 4.96 Å². The summed E-state index contributed by atoms with van der Waals surface area (Å²) in [7, 11) is 1.84. The van der Waals surface area contributed by atoms with Crippen LogP contribution in [0.5, 0.6) is 0 Å². The molecule has 1 aliphatic heterocycles. The minimum Gasteiger partial charge on any atom is -0.376 e. The molecular formula is C21H26N4O3S. The summed E-state index contributed by atoms with van der Waals surface area (Å²) in [6.45, 7) is 3.75. The predicted molar refractivity (Wildman–Crippen MR) is 112 cm³/mol. The molecule has 3 heterocycles. The normalized spacial score (nSPS) is 16.9. The molecule has 1 fully saturated rings. The summed E-state index contributed by atoms with van der Waals surface area (Å²) >= 11 is 1.53. The number of amides is 1. The molecule has 1 aliphatic rings. The lowest BCUT2D eigenvalue weighted by atomic mass is 10.1. The van der Waals surface area contributed by atoms with Gasteiger partial charge in [-0.2, -0.15) is 0 Å². The van der Waals surface area contributed by atoms with Crippen molar-refractivity contribution in [2.45, 2.75) is 19.1 Å². The van der Waals surface area contributed by atoms with Crippen molar-refractivity contribution in [1.82, 2.24) is 19.6 Å². The number of carbonyl (C=O) groups excluding carboxylic acids is 1. The van der Waals surface area contributed by atoms with Crippen molar-refractivity contribution in [2.75, 3.05) is 40.0 Å². The number of aromatic nitrogens is 2. The van der Waals surface area contributed by atoms with E-state index < -0.39 is 0 Å². The Labute approximate surface area is 174 Å². The molecule has 1 aromatic carbocycles. The highest BCUT2D eigenvalue weighted by Crippen LogP contribution is 2.19. The molecule has 0 saturated carbocycles. The number of ether oxygens (including phenoxy) is 2. The van der Waals surface area contributed by atoms with E-state index in [1.807, 2.05) is 41.2 Å². The molecule has 0 spiro atoms. The maximum absolute atomic E-state index is 13.1. The third-order valence-corrected chi connectivity index (χ3v) is 5.80. The first-order valence-electron chi connectivity index (χ1n) is 9.86. The van der Waals surface area contributed by atoms with Crippen molar-refractivity contribution in [3.8, 4) is 0 Å². The molecule has 7 nitrogen and oxygen atoms in total. The van der Waals surface area contributed by atoms with Crippen LogP contribution < -0.4 is 5.32 Å². The van der Waals surface area contributed by atoms with Gasteiger partial charge in [0, 0.05) is 38.3 Å². The quantitative estimate of drug-likeness (QED) is 0.612. The van der Waals surface area contributed by atoms with Gasteiger partial charge in [0.1, 0.15) is 0 Å². The van der Waals surface area contributed by atoms with E-state index in [2.05, 4.69) is 22.4 Å².